The Bertz CT molecular complexity index is 109. The number of aldehydes is 1. The van der Waals surface area contributed by atoms with E-state index in [-0.39, 0.29) is 0 Å². The van der Waals surface area contributed by atoms with Gasteiger partial charge in [0.05, 0.1) is 0 Å². The quantitative estimate of drug-likeness (QED) is 0.538. The summed E-state index contributed by atoms with van der Waals surface area (Å²) in [7, 11) is 0. The minimum atomic E-state index is 0.388. The fourth-order valence-electron chi connectivity index (χ4n) is 1.92. The fraction of sp³-hybridized carbons (Fsp3) is 0.889. The van der Waals surface area contributed by atoms with E-state index in [1.165, 1.54) is 25.7 Å². The molecule has 1 nitrogen and oxygen atoms in total. The van der Waals surface area contributed by atoms with Crippen molar-refractivity contribution in [2.75, 3.05) is 0 Å². The van der Waals surface area contributed by atoms with E-state index in [4.69, 9.17) is 0 Å². The summed E-state index contributed by atoms with van der Waals surface area (Å²) in [6, 6.07) is 0. The van der Waals surface area contributed by atoms with Crippen LogP contribution in [0.1, 0.15) is 39.0 Å². The van der Waals surface area contributed by atoms with Crippen LogP contribution in [0.2, 0.25) is 0 Å². The Labute approximate surface area is 62.8 Å². The fourth-order valence-corrected chi connectivity index (χ4v) is 1.92. The predicted octanol–water partition coefficient (Wildman–Crippen LogP) is 2.40. The van der Waals surface area contributed by atoms with E-state index in [2.05, 4.69) is 6.92 Å². The zero-order valence-corrected chi connectivity index (χ0v) is 6.68. The minimum absolute atomic E-state index is 0.388. The van der Waals surface area contributed by atoms with Crippen molar-refractivity contribution in [2.45, 2.75) is 39.0 Å². The van der Waals surface area contributed by atoms with Gasteiger partial charge in [-0.2, -0.15) is 0 Å². The number of hydrogen-bond donors (Lipinski definition) is 0. The first-order valence-corrected chi connectivity index (χ1v) is 4.33. The van der Waals surface area contributed by atoms with Gasteiger partial charge < -0.3 is 4.79 Å². The molecular weight excluding hydrogens is 124 g/mol. The van der Waals surface area contributed by atoms with Crippen molar-refractivity contribution in [2.24, 2.45) is 11.8 Å². The highest BCUT2D eigenvalue weighted by Crippen LogP contribution is 2.30. The Kier molecular flexibility index (Phi) is 2.91. The van der Waals surface area contributed by atoms with Crippen LogP contribution < -0.4 is 0 Å². The van der Waals surface area contributed by atoms with Crippen molar-refractivity contribution in [1.82, 2.24) is 0 Å². The number of hydrogen-bond acceptors (Lipinski definition) is 1. The second kappa shape index (κ2) is 3.75. The highest BCUT2D eigenvalue weighted by molar-refractivity contribution is 5.54. The largest absolute Gasteiger partial charge is 0.303 e. The molecule has 0 heterocycles. The molecule has 2 atom stereocenters. The Balaban J connectivity index is 2.41. The van der Waals surface area contributed by atoms with Gasteiger partial charge in [-0.1, -0.05) is 26.2 Å². The summed E-state index contributed by atoms with van der Waals surface area (Å²) in [5.74, 6) is 1.09. The third-order valence-electron chi connectivity index (χ3n) is 2.67. The molecule has 1 aliphatic carbocycles. The lowest BCUT2D eigenvalue weighted by Gasteiger charge is -2.26. The van der Waals surface area contributed by atoms with Crippen molar-refractivity contribution in [3.63, 3.8) is 0 Å². The van der Waals surface area contributed by atoms with Crippen molar-refractivity contribution in [1.29, 1.82) is 0 Å². The highest BCUT2D eigenvalue weighted by atomic mass is 16.1. The van der Waals surface area contributed by atoms with E-state index in [1.54, 1.807) is 0 Å². The molecule has 0 aromatic carbocycles. The average Bonchev–Trinajstić information content (AvgIpc) is 2.04. The predicted molar refractivity (Wildman–Crippen MR) is 41.8 cm³/mol. The lowest BCUT2D eigenvalue weighted by molar-refractivity contribution is -0.113. The molecule has 1 rings (SSSR count). The van der Waals surface area contributed by atoms with E-state index in [1.807, 2.05) is 0 Å². The molecular formula is C9H16O. The van der Waals surface area contributed by atoms with Gasteiger partial charge in [0, 0.05) is 5.92 Å². The Morgan fingerprint density at radius 2 is 2.10 bits per heavy atom. The minimum Gasteiger partial charge on any atom is -0.303 e. The standard InChI is InChI=1S/C9H16O/c1-2-8-5-3-4-6-9(8)7-10/h7-9H,2-6H2,1H3. The van der Waals surface area contributed by atoms with Crippen LogP contribution in [0.25, 0.3) is 0 Å². The van der Waals surface area contributed by atoms with E-state index < -0.39 is 0 Å². The summed E-state index contributed by atoms with van der Waals surface area (Å²) < 4.78 is 0. The summed E-state index contributed by atoms with van der Waals surface area (Å²) in [5, 5.41) is 0. The molecule has 1 fully saturated rings. The second-order valence-corrected chi connectivity index (χ2v) is 3.25. The Morgan fingerprint density at radius 3 is 2.60 bits per heavy atom. The third-order valence-corrected chi connectivity index (χ3v) is 2.67. The molecule has 58 valence electrons. The zero-order chi connectivity index (χ0) is 7.40. The number of carbonyl (C=O) groups excluding carboxylic acids is 1. The van der Waals surface area contributed by atoms with Crippen LogP contribution in [-0.4, -0.2) is 6.29 Å². The molecule has 0 aromatic rings. The van der Waals surface area contributed by atoms with Gasteiger partial charge >= 0.3 is 0 Å². The van der Waals surface area contributed by atoms with Crippen LogP contribution in [-0.2, 0) is 4.79 Å². The number of rotatable bonds is 2. The van der Waals surface area contributed by atoms with Crippen molar-refractivity contribution < 1.29 is 4.79 Å². The second-order valence-electron chi connectivity index (χ2n) is 3.25. The molecule has 1 heteroatoms. The molecule has 0 aliphatic heterocycles. The van der Waals surface area contributed by atoms with E-state index in [9.17, 15) is 4.79 Å². The zero-order valence-electron chi connectivity index (χ0n) is 6.68. The summed E-state index contributed by atoms with van der Waals surface area (Å²) in [6.45, 7) is 2.19. The maximum atomic E-state index is 10.5. The van der Waals surface area contributed by atoms with Gasteiger partial charge in [0.1, 0.15) is 6.29 Å². The molecule has 10 heavy (non-hydrogen) atoms. The normalized spacial score (nSPS) is 33.7. The smallest absolute Gasteiger partial charge is 0.123 e. The van der Waals surface area contributed by atoms with E-state index in [0.717, 1.165) is 12.7 Å². The first kappa shape index (κ1) is 7.77. The highest BCUT2D eigenvalue weighted by Gasteiger charge is 2.22. The van der Waals surface area contributed by atoms with E-state index in [0.29, 0.717) is 11.8 Å². The topological polar surface area (TPSA) is 17.1 Å². The van der Waals surface area contributed by atoms with Crippen molar-refractivity contribution >= 4 is 6.29 Å². The summed E-state index contributed by atoms with van der Waals surface area (Å²) in [6.07, 6.45) is 7.36. The Morgan fingerprint density at radius 1 is 1.40 bits per heavy atom. The van der Waals surface area contributed by atoms with Crippen molar-refractivity contribution in [3.05, 3.63) is 0 Å². The summed E-state index contributed by atoms with van der Waals surface area (Å²) in [5.41, 5.74) is 0. The molecule has 0 N–H and O–H groups in total. The van der Waals surface area contributed by atoms with Crippen LogP contribution >= 0.6 is 0 Å². The summed E-state index contributed by atoms with van der Waals surface area (Å²) >= 11 is 0. The van der Waals surface area contributed by atoms with Gasteiger partial charge in [0.15, 0.2) is 0 Å². The molecule has 0 spiro atoms. The van der Waals surface area contributed by atoms with Gasteiger partial charge in [-0.15, -0.1) is 0 Å². The van der Waals surface area contributed by atoms with Gasteiger partial charge in [-0.3, -0.25) is 0 Å². The molecule has 0 aromatic heterocycles. The maximum Gasteiger partial charge on any atom is 0.123 e. The van der Waals surface area contributed by atoms with Crippen LogP contribution in [0.3, 0.4) is 0 Å². The van der Waals surface area contributed by atoms with Crippen molar-refractivity contribution in [3.8, 4) is 0 Å². The summed E-state index contributed by atoms with van der Waals surface area (Å²) in [4.78, 5) is 10.5. The molecule has 0 radical (unpaired) electrons. The molecule has 1 aliphatic rings. The number of carbonyl (C=O) groups is 1. The first-order chi connectivity index (χ1) is 4.88. The lowest BCUT2D eigenvalue weighted by atomic mass is 9.79. The monoisotopic (exact) mass is 140 g/mol. The van der Waals surface area contributed by atoms with Crippen LogP contribution in [0.5, 0.6) is 0 Å². The van der Waals surface area contributed by atoms with Gasteiger partial charge in [-0.25, -0.2) is 0 Å². The molecule has 0 saturated heterocycles. The van der Waals surface area contributed by atoms with Crippen LogP contribution in [0.15, 0.2) is 0 Å². The van der Waals surface area contributed by atoms with E-state index >= 15 is 0 Å². The lowest BCUT2D eigenvalue weighted by Crippen LogP contribution is -2.19. The van der Waals surface area contributed by atoms with Gasteiger partial charge in [-0.05, 0) is 18.8 Å². The molecule has 1 saturated carbocycles. The average molecular weight is 140 g/mol. The van der Waals surface area contributed by atoms with Crippen LogP contribution in [0.4, 0.5) is 0 Å². The van der Waals surface area contributed by atoms with Gasteiger partial charge in [0.25, 0.3) is 0 Å². The molecule has 0 amide bonds. The molecule has 2 unspecified atom stereocenters. The van der Waals surface area contributed by atoms with Crippen LogP contribution in [0, 0.1) is 11.8 Å². The SMILES string of the molecule is CCC1CCCCC1C=O. The van der Waals surface area contributed by atoms with Gasteiger partial charge in [0.2, 0.25) is 0 Å². The Hall–Kier alpha value is -0.330. The molecule has 0 bridgehead atoms. The third kappa shape index (κ3) is 1.59. The maximum absolute atomic E-state index is 10.5. The first-order valence-electron chi connectivity index (χ1n) is 4.33.